The van der Waals surface area contributed by atoms with Crippen LogP contribution in [0.2, 0.25) is 0 Å². The lowest BCUT2D eigenvalue weighted by atomic mass is 10.0. The number of fused-ring (bicyclic) bond motifs is 2. The van der Waals surface area contributed by atoms with Gasteiger partial charge in [-0.25, -0.2) is 0 Å². The summed E-state index contributed by atoms with van der Waals surface area (Å²) in [6.07, 6.45) is 6.61. The predicted octanol–water partition coefficient (Wildman–Crippen LogP) is -0.531. The van der Waals surface area contributed by atoms with E-state index in [0.717, 1.165) is 17.7 Å². The summed E-state index contributed by atoms with van der Waals surface area (Å²) in [5.41, 5.74) is 9.59. The molecule has 11 heteroatoms. The molecule has 0 saturated carbocycles. The van der Waals surface area contributed by atoms with Crippen LogP contribution in [0.4, 0.5) is 5.69 Å². The molecule has 0 spiro atoms. The molecule has 1 aromatic heterocycles. The Morgan fingerprint density at radius 2 is 1.87 bits per heavy atom. The maximum atomic E-state index is 13.1. The molecule has 2 atom stereocenters. The maximum Gasteiger partial charge on any atom is 0.292 e. The highest BCUT2D eigenvalue weighted by Gasteiger charge is 2.50. The van der Waals surface area contributed by atoms with Gasteiger partial charge in [0.2, 0.25) is 18.4 Å². The number of hydrogen-bond acceptors (Lipinski definition) is 7. The number of likely N-dealkylation sites (tertiary alicyclic amines) is 1. The molecule has 2 aromatic rings. The smallest absolute Gasteiger partial charge is 0.292 e. The molecule has 4 aliphatic heterocycles. The summed E-state index contributed by atoms with van der Waals surface area (Å²) in [5.74, 6) is -1.70. The van der Waals surface area contributed by atoms with Crippen molar-refractivity contribution in [2.24, 2.45) is 5.73 Å². The average Bonchev–Trinajstić information content (AvgIpc) is 3.52. The van der Waals surface area contributed by atoms with Crippen molar-refractivity contribution < 1.29 is 28.9 Å². The molecule has 5 heterocycles. The van der Waals surface area contributed by atoms with Crippen LogP contribution in [0, 0.1) is 0 Å². The second-order valence-electron chi connectivity index (χ2n) is 10.0. The van der Waals surface area contributed by atoms with Crippen LogP contribution in [0.25, 0.3) is 0 Å². The molecular weight excluding hydrogens is 518 g/mol. The van der Waals surface area contributed by atoms with Gasteiger partial charge in [-0.2, -0.15) is 4.57 Å². The molecule has 0 bridgehead atoms. The Labute approximate surface area is 229 Å². The minimum atomic E-state index is -1.44. The lowest BCUT2D eigenvalue weighted by molar-refractivity contribution is -0.684. The monoisotopic (exact) mass is 545 g/mol. The number of benzene rings is 1. The SMILES string of the molecule is N[C@@H]1C(=O)N2C(C(=O)[O-])=C(/C=C3\CCN(Cc4cc[n+](CC(=O)N5CCc6ccccc65)cc4)C3=O)CS[C@H]12. The van der Waals surface area contributed by atoms with Gasteiger partial charge in [0.25, 0.3) is 5.91 Å². The highest BCUT2D eigenvalue weighted by molar-refractivity contribution is 8.00. The molecule has 2 fully saturated rings. The van der Waals surface area contributed by atoms with Crippen LogP contribution in [0.15, 0.2) is 71.7 Å². The van der Waals surface area contributed by atoms with E-state index in [1.807, 2.05) is 52.2 Å². The number of carboxylic acids is 1. The molecule has 6 rings (SSSR count). The first-order valence-electron chi connectivity index (χ1n) is 12.8. The van der Waals surface area contributed by atoms with Crippen molar-refractivity contribution in [2.75, 3.05) is 23.7 Å². The molecule has 0 aliphatic carbocycles. The predicted molar refractivity (Wildman–Crippen MR) is 140 cm³/mol. The van der Waals surface area contributed by atoms with E-state index in [1.165, 1.54) is 22.2 Å². The van der Waals surface area contributed by atoms with Crippen molar-refractivity contribution >= 4 is 41.1 Å². The molecule has 39 heavy (non-hydrogen) atoms. The third-order valence-corrected chi connectivity index (χ3v) is 8.96. The number of carboxylic acid groups (broad SMARTS) is 1. The summed E-state index contributed by atoms with van der Waals surface area (Å²) >= 11 is 1.38. The van der Waals surface area contributed by atoms with E-state index < -0.39 is 23.3 Å². The lowest BCUT2D eigenvalue weighted by Crippen LogP contribution is -2.69. The minimum absolute atomic E-state index is 0.0292. The third-order valence-electron chi connectivity index (χ3n) is 7.63. The topological polar surface area (TPSA) is 131 Å². The van der Waals surface area contributed by atoms with Crippen molar-refractivity contribution in [2.45, 2.75) is 37.3 Å². The van der Waals surface area contributed by atoms with E-state index in [-0.39, 0.29) is 24.1 Å². The molecule has 2 saturated heterocycles. The Hall–Kier alpha value is -3.96. The third kappa shape index (κ3) is 4.51. The number of nitrogens with two attached hydrogens (primary N) is 1. The van der Waals surface area contributed by atoms with E-state index in [9.17, 15) is 24.3 Å². The van der Waals surface area contributed by atoms with Crippen LogP contribution in [0.3, 0.4) is 0 Å². The number of pyridine rings is 1. The molecule has 200 valence electrons. The number of carbonyl (C=O) groups excluding carboxylic acids is 4. The zero-order chi connectivity index (χ0) is 27.3. The van der Waals surface area contributed by atoms with Gasteiger partial charge in [0.15, 0.2) is 12.4 Å². The van der Waals surface area contributed by atoms with Gasteiger partial charge >= 0.3 is 0 Å². The Morgan fingerprint density at radius 3 is 2.64 bits per heavy atom. The number of allylic oxidation sites excluding steroid dienone is 1. The fourth-order valence-corrected chi connectivity index (χ4v) is 6.81. The average molecular weight is 546 g/mol. The number of anilines is 1. The quantitative estimate of drug-likeness (QED) is 0.293. The van der Waals surface area contributed by atoms with Gasteiger partial charge < -0.3 is 25.4 Å². The highest BCUT2D eigenvalue weighted by Crippen LogP contribution is 2.40. The first-order chi connectivity index (χ1) is 18.8. The van der Waals surface area contributed by atoms with Crippen LogP contribution < -0.4 is 20.3 Å². The van der Waals surface area contributed by atoms with Crippen molar-refractivity contribution in [3.05, 3.63) is 82.8 Å². The van der Waals surface area contributed by atoms with Crippen LogP contribution in [0.1, 0.15) is 17.5 Å². The Balaban J connectivity index is 1.10. The summed E-state index contributed by atoms with van der Waals surface area (Å²) in [6, 6.07) is 11.0. The van der Waals surface area contributed by atoms with Crippen molar-refractivity contribution in [1.29, 1.82) is 0 Å². The number of hydrogen-bond donors (Lipinski definition) is 1. The summed E-state index contributed by atoms with van der Waals surface area (Å²) in [5, 5.41) is 11.4. The molecular formula is C28H27N5O5S. The Bertz CT molecular complexity index is 1450. The number of nitrogens with zero attached hydrogens (tertiary/aromatic N) is 4. The lowest BCUT2D eigenvalue weighted by Gasteiger charge is -2.49. The van der Waals surface area contributed by atoms with Crippen molar-refractivity contribution in [3.8, 4) is 0 Å². The van der Waals surface area contributed by atoms with Crippen LogP contribution in [-0.2, 0) is 38.7 Å². The summed E-state index contributed by atoms with van der Waals surface area (Å²) in [7, 11) is 0. The highest BCUT2D eigenvalue weighted by atomic mass is 32.2. The number of carbonyl (C=O) groups is 4. The molecule has 10 nitrogen and oxygen atoms in total. The molecule has 2 N–H and O–H groups in total. The van der Waals surface area contributed by atoms with E-state index in [0.29, 0.717) is 43.0 Å². The van der Waals surface area contributed by atoms with Gasteiger partial charge in [-0.3, -0.25) is 19.3 Å². The van der Waals surface area contributed by atoms with Gasteiger partial charge in [-0.05, 0) is 41.7 Å². The molecule has 3 amide bonds. The first-order valence-corrected chi connectivity index (χ1v) is 13.9. The summed E-state index contributed by atoms with van der Waals surface area (Å²) in [4.78, 5) is 54.7. The molecule has 4 aliphatic rings. The Morgan fingerprint density at radius 1 is 1.10 bits per heavy atom. The number of aromatic nitrogens is 1. The first kappa shape index (κ1) is 25.3. The number of β-lactam (4-membered cyclic amide) rings is 1. The largest absolute Gasteiger partial charge is 0.543 e. The van der Waals surface area contributed by atoms with Crippen LogP contribution in [-0.4, -0.2) is 63.7 Å². The number of para-hydroxylation sites is 1. The second-order valence-corrected chi connectivity index (χ2v) is 11.2. The van der Waals surface area contributed by atoms with E-state index in [2.05, 4.69) is 6.07 Å². The van der Waals surface area contributed by atoms with Crippen molar-refractivity contribution in [3.63, 3.8) is 0 Å². The summed E-state index contributed by atoms with van der Waals surface area (Å²) in [6.45, 7) is 1.81. The Kier molecular flexibility index (Phi) is 6.48. The standard InChI is InChI=1S/C28H27N5O5S/c29-23-26(36)33-24(28(37)38)20(16-39-27(23)33)13-19-7-11-31(25(19)35)14-17-5-9-30(10-6-17)15-22(34)32-12-8-18-3-1-2-4-21(18)32/h1-6,9-10,13,23,27H,7-8,11-12,14-16,29H2/b19-13+/t23-,27-/m1/s1. The fourth-order valence-electron chi connectivity index (χ4n) is 5.56. The zero-order valence-corrected chi connectivity index (χ0v) is 21.9. The van der Waals surface area contributed by atoms with Crippen molar-refractivity contribution in [1.82, 2.24) is 9.80 Å². The normalized spacial score (nSPS) is 23.3. The van der Waals surface area contributed by atoms with E-state index in [4.69, 9.17) is 5.73 Å². The van der Waals surface area contributed by atoms with Gasteiger partial charge in [0.1, 0.15) is 11.4 Å². The zero-order valence-electron chi connectivity index (χ0n) is 21.1. The molecule has 0 radical (unpaired) electrons. The number of aliphatic carboxylic acids is 1. The van der Waals surface area contributed by atoms with Gasteiger partial charge in [-0.1, -0.05) is 18.2 Å². The second kappa shape index (κ2) is 9.97. The molecule has 0 unspecified atom stereocenters. The van der Waals surface area contributed by atoms with E-state index >= 15 is 0 Å². The summed E-state index contributed by atoms with van der Waals surface area (Å²) < 4.78 is 1.83. The van der Waals surface area contributed by atoms with Gasteiger partial charge in [0.05, 0.1) is 11.7 Å². The number of amides is 3. The van der Waals surface area contributed by atoms with Gasteiger partial charge in [0, 0.05) is 48.8 Å². The van der Waals surface area contributed by atoms with Crippen LogP contribution >= 0.6 is 11.8 Å². The maximum absolute atomic E-state index is 13.1. The fraction of sp³-hybridized carbons (Fsp3) is 0.321. The van der Waals surface area contributed by atoms with Crippen LogP contribution in [0.5, 0.6) is 0 Å². The number of thioether (sulfide) groups is 1. The number of rotatable bonds is 6. The molecule has 1 aromatic carbocycles. The van der Waals surface area contributed by atoms with E-state index in [1.54, 1.807) is 11.0 Å². The van der Waals surface area contributed by atoms with Gasteiger partial charge in [-0.15, -0.1) is 11.8 Å². The minimum Gasteiger partial charge on any atom is -0.543 e.